The summed E-state index contributed by atoms with van der Waals surface area (Å²) in [4.78, 5) is 22.9. The van der Waals surface area contributed by atoms with E-state index in [-0.39, 0.29) is 24.8 Å². The number of rotatable bonds is 7. The molecule has 5 heteroatoms. The van der Waals surface area contributed by atoms with Crippen LogP contribution >= 0.6 is 0 Å². The van der Waals surface area contributed by atoms with Crippen molar-refractivity contribution in [1.82, 2.24) is 10.6 Å². The van der Waals surface area contributed by atoms with Crippen LogP contribution in [-0.4, -0.2) is 31.0 Å². The molecule has 5 nitrogen and oxygen atoms in total. The summed E-state index contributed by atoms with van der Waals surface area (Å²) < 4.78 is 5.45. The monoisotopic (exact) mass is 276 g/mol. The number of aryl methyl sites for hydroxylation is 1. The molecule has 1 aliphatic rings. The zero-order chi connectivity index (χ0) is 14.4. The minimum absolute atomic E-state index is 0.0415. The summed E-state index contributed by atoms with van der Waals surface area (Å²) >= 11 is 0. The lowest BCUT2D eigenvalue weighted by Crippen LogP contribution is -2.38. The third-order valence-electron chi connectivity index (χ3n) is 3.01. The number of hydrogen-bond donors (Lipinski definition) is 2. The lowest BCUT2D eigenvalue weighted by atomic mass is 10.2. The summed E-state index contributed by atoms with van der Waals surface area (Å²) in [6.07, 6.45) is 2.33. The van der Waals surface area contributed by atoms with Crippen LogP contribution in [0.1, 0.15) is 24.8 Å². The fourth-order valence-electron chi connectivity index (χ4n) is 1.67. The van der Waals surface area contributed by atoms with Crippen molar-refractivity contribution in [2.75, 3.05) is 13.2 Å². The van der Waals surface area contributed by atoms with Crippen LogP contribution in [0.15, 0.2) is 24.3 Å². The van der Waals surface area contributed by atoms with Gasteiger partial charge in [-0.05, 0) is 31.9 Å². The van der Waals surface area contributed by atoms with Gasteiger partial charge in [-0.25, -0.2) is 0 Å². The number of carbonyl (C=O) groups excluding carboxylic acids is 2. The van der Waals surface area contributed by atoms with E-state index in [9.17, 15) is 9.59 Å². The van der Waals surface area contributed by atoms with Crippen LogP contribution in [0.3, 0.4) is 0 Å². The number of carbonyl (C=O) groups is 2. The molecule has 0 bridgehead atoms. The Morgan fingerprint density at radius 1 is 1.20 bits per heavy atom. The highest BCUT2D eigenvalue weighted by molar-refractivity contribution is 5.84. The normalized spacial score (nSPS) is 13.7. The Morgan fingerprint density at radius 3 is 2.55 bits per heavy atom. The SMILES string of the molecule is Cc1ccc(OCCC(=O)NCC(=O)NC2CC2)cc1. The van der Waals surface area contributed by atoms with Gasteiger partial charge in [-0.3, -0.25) is 9.59 Å². The van der Waals surface area contributed by atoms with Crippen LogP contribution in [0.4, 0.5) is 0 Å². The molecule has 1 saturated carbocycles. The Kier molecular flexibility index (Phi) is 4.98. The molecule has 0 aromatic heterocycles. The Bertz CT molecular complexity index is 467. The zero-order valence-corrected chi connectivity index (χ0v) is 11.6. The van der Waals surface area contributed by atoms with Crippen molar-refractivity contribution in [3.63, 3.8) is 0 Å². The van der Waals surface area contributed by atoms with Crippen LogP contribution in [0.25, 0.3) is 0 Å². The Morgan fingerprint density at radius 2 is 1.90 bits per heavy atom. The largest absolute Gasteiger partial charge is 0.493 e. The van der Waals surface area contributed by atoms with E-state index in [1.807, 2.05) is 31.2 Å². The molecule has 1 aromatic rings. The van der Waals surface area contributed by atoms with Gasteiger partial charge in [0.15, 0.2) is 0 Å². The molecule has 1 aliphatic carbocycles. The van der Waals surface area contributed by atoms with Crippen LogP contribution < -0.4 is 15.4 Å². The molecule has 0 heterocycles. The second-order valence-electron chi connectivity index (χ2n) is 5.03. The number of amides is 2. The molecule has 2 N–H and O–H groups in total. The molecule has 20 heavy (non-hydrogen) atoms. The molecule has 108 valence electrons. The van der Waals surface area contributed by atoms with Crippen molar-refractivity contribution in [1.29, 1.82) is 0 Å². The van der Waals surface area contributed by atoms with E-state index < -0.39 is 0 Å². The highest BCUT2D eigenvalue weighted by Gasteiger charge is 2.23. The summed E-state index contributed by atoms with van der Waals surface area (Å²) in [6, 6.07) is 7.98. The molecule has 0 unspecified atom stereocenters. The van der Waals surface area contributed by atoms with E-state index >= 15 is 0 Å². The highest BCUT2D eigenvalue weighted by atomic mass is 16.5. The van der Waals surface area contributed by atoms with E-state index in [4.69, 9.17) is 4.74 Å². The molecule has 0 saturated heterocycles. The van der Waals surface area contributed by atoms with Crippen molar-refractivity contribution >= 4 is 11.8 Å². The van der Waals surface area contributed by atoms with Gasteiger partial charge in [-0.15, -0.1) is 0 Å². The summed E-state index contributed by atoms with van der Waals surface area (Å²) in [7, 11) is 0. The van der Waals surface area contributed by atoms with E-state index in [1.165, 1.54) is 0 Å². The van der Waals surface area contributed by atoms with Gasteiger partial charge in [-0.1, -0.05) is 17.7 Å². The number of ether oxygens (including phenoxy) is 1. The van der Waals surface area contributed by atoms with Gasteiger partial charge >= 0.3 is 0 Å². The maximum atomic E-state index is 11.5. The standard InChI is InChI=1S/C15H20N2O3/c1-11-2-6-13(7-3-11)20-9-8-14(18)16-10-15(19)17-12-4-5-12/h2-3,6-7,12H,4-5,8-10H2,1H3,(H,16,18)(H,17,19). The quantitative estimate of drug-likeness (QED) is 0.785. The van der Waals surface area contributed by atoms with Gasteiger partial charge in [0.05, 0.1) is 19.6 Å². The van der Waals surface area contributed by atoms with Crippen molar-refractivity contribution in [2.24, 2.45) is 0 Å². The van der Waals surface area contributed by atoms with Crippen LogP contribution in [0.5, 0.6) is 5.75 Å². The van der Waals surface area contributed by atoms with Crippen molar-refractivity contribution < 1.29 is 14.3 Å². The fourth-order valence-corrected chi connectivity index (χ4v) is 1.67. The Hall–Kier alpha value is -2.04. The van der Waals surface area contributed by atoms with Gasteiger partial charge in [0.2, 0.25) is 11.8 Å². The Labute approximate surface area is 118 Å². The second-order valence-corrected chi connectivity index (χ2v) is 5.03. The molecule has 2 rings (SSSR count). The third kappa shape index (κ3) is 5.30. The van der Waals surface area contributed by atoms with Gasteiger partial charge in [0.1, 0.15) is 5.75 Å². The summed E-state index contributed by atoms with van der Waals surface area (Å²) in [6.45, 7) is 2.35. The van der Waals surface area contributed by atoms with Crippen LogP contribution in [-0.2, 0) is 9.59 Å². The first-order chi connectivity index (χ1) is 9.63. The first-order valence-corrected chi connectivity index (χ1v) is 6.89. The number of nitrogens with one attached hydrogen (secondary N) is 2. The maximum absolute atomic E-state index is 11.5. The predicted octanol–water partition coefficient (Wildman–Crippen LogP) is 1.16. The van der Waals surface area contributed by atoms with E-state index in [1.54, 1.807) is 0 Å². The van der Waals surface area contributed by atoms with E-state index in [0.29, 0.717) is 12.6 Å². The van der Waals surface area contributed by atoms with Gasteiger partial charge < -0.3 is 15.4 Å². The molecule has 1 aromatic carbocycles. The minimum atomic E-state index is -0.178. The van der Waals surface area contributed by atoms with Crippen molar-refractivity contribution in [3.8, 4) is 5.75 Å². The van der Waals surface area contributed by atoms with Crippen LogP contribution in [0, 0.1) is 6.92 Å². The first kappa shape index (κ1) is 14.4. The van der Waals surface area contributed by atoms with E-state index in [2.05, 4.69) is 10.6 Å². The Balaban J connectivity index is 1.57. The molecule has 1 fully saturated rings. The molecule has 0 radical (unpaired) electrons. The first-order valence-electron chi connectivity index (χ1n) is 6.89. The van der Waals surface area contributed by atoms with E-state index in [0.717, 1.165) is 24.2 Å². The molecule has 0 atom stereocenters. The lowest BCUT2D eigenvalue weighted by molar-refractivity contribution is -0.126. The molecular formula is C15H20N2O3. The topological polar surface area (TPSA) is 67.4 Å². The average molecular weight is 276 g/mol. The van der Waals surface area contributed by atoms with Gasteiger partial charge in [-0.2, -0.15) is 0 Å². The summed E-state index contributed by atoms with van der Waals surface area (Å²) in [5.74, 6) is 0.443. The maximum Gasteiger partial charge on any atom is 0.239 e. The second kappa shape index (κ2) is 6.93. The zero-order valence-electron chi connectivity index (χ0n) is 11.6. The van der Waals surface area contributed by atoms with Crippen LogP contribution in [0.2, 0.25) is 0 Å². The number of hydrogen-bond acceptors (Lipinski definition) is 3. The van der Waals surface area contributed by atoms with Gasteiger partial charge in [0, 0.05) is 6.04 Å². The summed E-state index contributed by atoms with van der Waals surface area (Å²) in [5.41, 5.74) is 1.16. The molecule has 0 aliphatic heterocycles. The van der Waals surface area contributed by atoms with Crippen molar-refractivity contribution in [2.45, 2.75) is 32.2 Å². The lowest BCUT2D eigenvalue weighted by Gasteiger charge is -2.07. The number of benzene rings is 1. The minimum Gasteiger partial charge on any atom is -0.493 e. The molecule has 2 amide bonds. The van der Waals surface area contributed by atoms with Gasteiger partial charge in [0.25, 0.3) is 0 Å². The molecule has 0 spiro atoms. The average Bonchev–Trinajstić information content (AvgIpc) is 3.23. The summed E-state index contributed by atoms with van der Waals surface area (Å²) in [5, 5.41) is 5.39. The third-order valence-corrected chi connectivity index (χ3v) is 3.01. The predicted molar refractivity (Wildman–Crippen MR) is 75.5 cm³/mol. The highest BCUT2D eigenvalue weighted by Crippen LogP contribution is 2.18. The molecular weight excluding hydrogens is 256 g/mol. The van der Waals surface area contributed by atoms with Crippen molar-refractivity contribution in [3.05, 3.63) is 29.8 Å². The smallest absolute Gasteiger partial charge is 0.239 e. The fraction of sp³-hybridized carbons (Fsp3) is 0.467.